The average Bonchev–Trinajstić information content (AvgIpc) is 2.47. The van der Waals surface area contributed by atoms with Gasteiger partial charge in [-0.3, -0.25) is 4.98 Å². The first-order chi connectivity index (χ1) is 5.79. The van der Waals surface area contributed by atoms with E-state index in [4.69, 9.17) is 0 Å². The lowest BCUT2D eigenvalue weighted by molar-refractivity contribution is 0.496. The molecule has 0 aromatic carbocycles. The van der Waals surface area contributed by atoms with Crippen LogP contribution in [0.15, 0.2) is 18.3 Å². The van der Waals surface area contributed by atoms with Crippen LogP contribution in [0, 0.1) is 5.92 Å². The summed E-state index contributed by atoms with van der Waals surface area (Å²) in [4.78, 5) is 4.39. The van der Waals surface area contributed by atoms with Gasteiger partial charge in [0.05, 0.1) is 0 Å². The largest absolute Gasteiger partial charge is 0.261 e. The Morgan fingerprint density at radius 1 is 1.50 bits per heavy atom. The molecule has 0 radical (unpaired) electrons. The Labute approximate surface area is 73.8 Å². The van der Waals surface area contributed by atoms with E-state index < -0.39 is 0 Å². The molecule has 2 rings (SSSR count). The van der Waals surface area contributed by atoms with E-state index in [0.29, 0.717) is 0 Å². The van der Waals surface area contributed by atoms with Crippen molar-refractivity contribution in [1.29, 1.82) is 0 Å². The number of aryl methyl sites for hydroxylation is 1. The van der Waals surface area contributed by atoms with Gasteiger partial charge in [-0.2, -0.15) is 0 Å². The second kappa shape index (κ2) is 2.89. The third kappa shape index (κ3) is 1.13. The van der Waals surface area contributed by atoms with Gasteiger partial charge < -0.3 is 0 Å². The number of hydrogen-bond acceptors (Lipinski definition) is 1. The van der Waals surface area contributed by atoms with Crippen molar-refractivity contribution in [2.24, 2.45) is 5.92 Å². The molecule has 1 aromatic heterocycles. The minimum absolute atomic E-state index is 0.758. The van der Waals surface area contributed by atoms with Crippen molar-refractivity contribution in [3.63, 3.8) is 0 Å². The van der Waals surface area contributed by atoms with Crippen molar-refractivity contribution >= 4 is 0 Å². The Morgan fingerprint density at radius 3 is 3.08 bits per heavy atom. The van der Waals surface area contributed by atoms with Crippen molar-refractivity contribution in [2.75, 3.05) is 0 Å². The highest BCUT2D eigenvalue weighted by Crippen LogP contribution is 2.36. The zero-order valence-corrected chi connectivity index (χ0v) is 7.75. The maximum atomic E-state index is 4.39. The Kier molecular flexibility index (Phi) is 1.87. The van der Waals surface area contributed by atoms with E-state index in [1.807, 2.05) is 6.20 Å². The molecule has 1 heterocycles. The number of pyridine rings is 1. The zero-order valence-electron chi connectivity index (χ0n) is 7.75. The quantitative estimate of drug-likeness (QED) is 0.617. The lowest BCUT2D eigenvalue weighted by Crippen LogP contribution is -2.01. The first-order valence-corrected chi connectivity index (χ1v) is 4.73. The highest BCUT2D eigenvalue weighted by Gasteiger charge is 2.24. The maximum Gasteiger partial charge on any atom is 0.0438 e. The third-order valence-corrected chi connectivity index (χ3v) is 2.82. The SMILES string of the molecule is CC(C)[C@H]1CCc2ncccc21. The molecule has 1 atom stereocenters. The van der Waals surface area contributed by atoms with Gasteiger partial charge in [-0.1, -0.05) is 19.9 Å². The Balaban J connectivity index is 2.36. The second-order valence-corrected chi connectivity index (χ2v) is 3.93. The van der Waals surface area contributed by atoms with E-state index in [2.05, 4.69) is 31.0 Å². The molecule has 0 amide bonds. The van der Waals surface area contributed by atoms with Crippen LogP contribution in [-0.2, 0) is 6.42 Å². The lowest BCUT2D eigenvalue weighted by Gasteiger charge is -2.14. The summed E-state index contributed by atoms with van der Waals surface area (Å²) in [5.74, 6) is 1.52. The van der Waals surface area contributed by atoms with E-state index in [1.165, 1.54) is 24.1 Å². The van der Waals surface area contributed by atoms with Gasteiger partial charge in [-0.25, -0.2) is 0 Å². The molecule has 64 valence electrons. The van der Waals surface area contributed by atoms with Gasteiger partial charge in [0.25, 0.3) is 0 Å². The van der Waals surface area contributed by atoms with Gasteiger partial charge >= 0.3 is 0 Å². The van der Waals surface area contributed by atoms with Gasteiger partial charge in [0.15, 0.2) is 0 Å². The maximum absolute atomic E-state index is 4.39. The summed E-state index contributed by atoms with van der Waals surface area (Å²) in [7, 11) is 0. The van der Waals surface area contributed by atoms with Gasteiger partial charge in [0, 0.05) is 11.9 Å². The van der Waals surface area contributed by atoms with Crippen molar-refractivity contribution in [3.8, 4) is 0 Å². The van der Waals surface area contributed by atoms with Gasteiger partial charge in [0.1, 0.15) is 0 Å². The normalized spacial score (nSPS) is 21.4. The van der Waals surface area contributed by atoms with Crippen LogP contribution >= 0.6 is 0 Å². The molecule has 12 heavy (non-hydrogen) atoms. The Hall–Kier alpha value is -0.850. The monoisotopic (exact) mass is 161 g/mol. The molecule has 0 bridgehead atoms. The molecule has 0 saturated heterocycles. The number of rotatable bonds is 1. The van der Waals surface area contributed by atoms with Crippen LogP contribution < -0.4 is 0 Å². The molecular weight excluding hydrogens is 146 g/mol. The molecule has 1 aliphatic rings. The molecule has 1 nitrogen and oxygen atoms in total. The van der Waals surface area contributed by atoms with Crippen LogP contribution in [0.1, 0.15) is 37.4 Å². The molecule has 0 saturated carbocycles. The Morgan fingerprint density at radius 2 is 2.33 bits per heavy atom. The van der Waals surface area contributed by atoms with Gasteiger partial charge in [0.2, 0.25) is 0 Å². The van der Waals surface area contributed by atoms with E-state index >= 15 is 0 Å². The van der Waals surface area contributed by atoms with E-state index in [1.54, 1.807) is 0 Å². The third-order valence-electron chi connectivity index (χ3n) is 2.82. The summed E-state index contributed by atoms with van der Waals surface area (Å²) < 4.78 is 0. The predicted molar refractivity (Wildman–Crippen MR) is 50.1 cm³/mol. The topological polar surface area (TPSA) is 12.9 Å². The highest BCUT2D eigenvalue weighted by atomic mass is 14.7. The minimum Gasteiger partial charge on any atom is -0.261 e. The van der Waals surface area contributed by atoms with Crippen LogP contribution in [0.5, 0.6) is 0 Å². The molecule has 0 N–H and O–H groups in total. The number of nitrogens with zero attached hydrogens (tertiary/aromatic N) is 1. The first-order valence-electron chi connectivity index (χ1n) is 4.73. The number of aromatic nitrogens is 1. The fourth-order valence-electron chi connectivity index (χ4n) is 2.14. The zero-order chi connectivity index (χ0) is 8.55. The fraction of sp³-hybridized carbons (Fsp3) is 0.545. The van der Waals surface area contributed by atoms with Crippen LogP contribution in [0.3, 0.4) is 0 Å². The lowest BCUT2D eigenvalue weighted by atomic mass is 9.91. The molecule has 1 aromatic rings. The van der Waals surface area contributed by atoms with E-state index in [-0.39, 0.29) is 0 Å². The van der Waals surface area contributed by atoms with Crippen molar-refractivity contribution < 1.29 is 0 Å². The summed E-state index contributed by atoms with van der Waals surface area (Å²) in [6.45, 7) is 4.60. The summed E-state index contributed by atoms with van der Waals surface area (Å²) in [5, 5.41) is 0. The molecular formula is C11H15N. The molecule has 1 aliphatic carbocycles. The van der Waals surface area contributed by atoms with Crippen molar-refractivity contribution in [1.82, 2.24) is 4.98 Å². The van der Waals surface area contributed by atoms with E-state index in [0.717, 1.165) is 11.8 Å². The van der Waals surface area contributed by atoms with Crippen LogP contribution in [0.2, 0.25) is 0 Å². The second-order valence-electron chi connectivity index (χ2n) is 3.93. The van der Waals surface area contributed by atoms with Gasteiger partial charge in [-0.05, 0) is 36.3 Å². The molecule has 0 fully saturated rings. The Bertz CT molecular complexity index is 278. The predicted octanol–water partition coefficient (Wildman–Crippen LogP) is 2.77. The summed E-state index contributed by atoms with van der Waals surface area (Å²) >= 11 is 0. The molecule has 0 spiro atoms. The van der Waals surface area contributed by atoms with E-state index in [9.17, 15) is 0 Å². The number of hydrogen-bond donors (Lipinski definition) is 0. The first kappa shape index (κ1) is 7.78. The van der Waals surface area contributed by atoms with Crippen LogP contribution in [-0.4, -0.2) is 4.98 Å². The van der Waals surface area contributed by atoms with Gasteiger partial charge in [-0.15, -0.1) is 0 Å². The minimum atomic E-state index is 0.758. The molecule has 0 unspecified atom stereocenters. The number of fused-ring (bicyclic) bond motifs is 1. The average molecular weight is 161 g/mol. The highest BCUT2D eigenvalue weighted by molar-refractivity contribution is 5.29. The van der Waals surface area contributed by atoms with Crippen LogP contribution in [0.4, 0.5) is 0 Å². The standard InChI is InChI=1S/C11H15N/c1-8(2)9-5-6-11-10(9)4-3-7-12-11/h3-4,7-9H,5-6H2,1-2H3/t9-/m1/s1. The molecule has 0 aliphatic heterocycles. The summed E-state index contributed by atoms with van der Waals surface area (Å²) in [6, 6.07) is 4.29. The smallest absolute Gasteiger partial charge is 0.0438 e. The summed E-state index contributed by atoms with van der Waals surface area (Å²) in [6.07, 6.45) is 4.38. The summed E-state index contributed by atoms with van der Waals surface area (Å²) in [5.41, 5.74) is 2.82. The molecule has 1 heteroatoms. The fourth-order valence-corrected chi connectivity index (χ4v) is 2.14. The van der Waals surface area contributed by atoms with Crippen LogP contribution in [0.25, 0.3) is 0 Å². The van der Waals surface area contributed by atoms with Crippen molar-refractivity contribution in [2.45, 2.75) is 32.6 Å². The van der Waals surface area contributed by atoms with Crippen molar-refractivity contribution in [3.05, 3.63) is 29.6 Å².